The van der Waals surface area contributed by atoms with Gasteiger partial charge in [-0.3, -0.25) is 14.7 Å². The first-order valence-electron chi connectivity index (χ1n) is 10.3. The normalized spacial score (nSPS) is 22.2. The van der Waals surface area contributed by atoms with Crippen LogP contribution in [0.1, 0.15) is 57.6 Å². The molecule has 0 amide bonds. The highest BCUT2D eigenvalue weighted by Gasteiger charge is 2.27. The molecule has 2 saturated heterocycles. The Morgan fingerprint density at radius 1 is 0.840 bits per heavy atom. The Morgan fingerprint density at radius 2 is 1.44 bits per heavy atom. The lowest BCUT2D eigenvalue weighted by Crippen LogP contribution is -2.54. The lowest BCUT2D eigenvalue weighted by atomic mass is 10.00. The van der Waals surface area contributed by atoms with Crippen molar-refractivity contribution in [3.05, 3.63) is 35.4 Å². The Kier molecular flexibility index (Phi) is 6.54. The highest BCUT2D eigenvalue weighted by Crippen LogP contribution is 2.21. The molecule has 0 N–H and O–H groups in total. The molecule has 3 nitrogen and oxygen atoms in total. The van der Waals surface area contributed by atoms with Crippen molar-refractivity contribution >= 4 is 0 Å². The van der Waals surface area contributed by atoms with Gasteiger partial charge in [-0.15, -0.1) is 0 Å². The van der Waals surface area contributed by atoms with E-state index in [0.717, 1.165) is 12.6 Å². The summed E-state index contributed by atoms with van der Waals surface area (Å²) in [6, 6.07) is 10.8. The molecule has 1 aromatic rings. The van der Waals surface area contributed by atoms with Gasteiger partial charge >= 0.3 is 0 Å². The van der Waals surface area contributed by atoms with E-state index in [0.29, 0.717) is 12.0 Å². The van der Waals surface area contributed by atoms with E-state index < -0.39 is 0 Å². The van der Waals surface area contributed by atoms with Gasteiger partial charge in [0.2, 0.25) is 0 Å². The van der Waals surface area contributed by atoms with Crippen molar-refractivity contribution < 1.29 is 0 Å². The van der Waals surface area contributed by atoms with E-state index in [1.54, 1.807) is 0 Å². The van der Waals surface area contributed by atoms with Gasteiger partial charge in [-0.1, -0.05) is 38.1 Å². The first-order valence-corrected chi connectivity index (χ1v) is 10.3. The molecule has 0 radical (unpaired) electrons. The third kappa shape index (κ3) is 5.06. The van der Waals surface area contributed by atoms with Crippen LogP contribution >= 0.6 is 0 Å². The van der Waals surface area contributed by atoms with Gasteiger partial charge < -0.3 is 0 Å². The largest absolute Gasteiger partial charge is 0.299 e. The Morgan fingerprint density at radius 3 is 1.96 bits per heavy atom. The molecule has 140 valence electrons. The smallest absolute Gasteiger partial charge is 0.0233 e. The number of hydrogen-bond acceptors (Lipinski definition) is 3. The molecule has 2 aliphatic heterocycles. The Bertz CT molecular complexity index is 507. The average molecular weight is 344 g/mol. The minimum atomic E-state index is 0.626. The van der Waals surface area contributed by atoms with Gasteiger partial charge in [0.1, 0.15) is 0 Å². The highest BCUT2D eigenvalue weighted by molar-refractivity contribution is 5.24. The summed E-state index contributed by atoms with van der Waals surface area (Å²) in [4.78, 5) is 8.02. The molecule has 3 heteroatoms. The summed E-state index contributed by atoms with van der Waals surface area (Å²) in [6.07, 6.45) is 2.68. The van der Waals surface area contributed by atoms with Crippen molar-refractivity contribution in [2.24, 2.45) is 0 Å². The molecule has 0 aromatic heterocycles. The summed E-state index contributed by atoms with van der Waals surface area (Å²) < 4.78 is 0. The number of nitrogens with zero attached hydrogens (tertiary/aromatic N) is 3. The first kappa shape index (κ1) is 18.9. The molecule has 1 aromatic carbocycles. The number of hydrogen-bond donors (Lipinski definition) is 0. The second kappa shape index (κ2) is 8.66. The van der Waals surface area contributed by atoms with Crippen LogP contribution in [0.4, 0.5) is 0 Å². The molecule has 2 fully saturated rings. The fraction of sp³-hybridized carbons (Fsp3) is 0.727. The van der Waals surface area contributed by atoms with Gasteiger partial charge in [0.05, 0.1) is 0 Å². The van der Waals surface area contributed by atoms with Gasteiger partial charge in [0.25, 0.3) is 0 Å². The molecular formula is C22H37N3. The third-order valence-electron chi connectivity index (χ3n) is 6.21. The SMILES string of the molecule is CC(C)c1ccc(CN2CCC(N3CCN(C(C)C)CC3)CC2)cc1. The minimum Gasteiger partial charge on any atom is -0.299 e. The van der Waals surface area contributed by atoms with Gasteiger partial charge in [0.15, 0.2) is 0 Å². The Hall–Kier alpha value is -0.900. The maximum absolute atomic E-state index is 2.76. The Labute approximate surface area is 155 Å². The van der Waals surface area contributed by atoms with Gasteiger partial charge in [-0.05, 0) is 56.8 Å². The van der Waals surface area contributed by atoms with Crippen LogP contribution in [-0.2, 0) is 6.54 Å². The van der Waals surface area contributed by atoms with E-state index in [-0.39, 0.29) is 0 Å². The van der Waals surface area contributed by atoms with E-state index in [2.05, 4.69) is 66.7 Å². The van der Waals surface area contributed by atoms with Crippen molar-refractivity contribution in [3.8, 4) is 0 Å². The first-order chi connectivity index (χ1) is 12.0. The number of benzene rings is 1. The van der Waals surface area contributed by atoms with Crippen LogP contribution in [-0.4, -0.2) is 66.1 Å². The zero-order valence-electron chi connectivity index (χ0n) is 16.7. The fourth-order valence-electron chi connectivity index (χ4n) is 4.33. The predicted octanol–water partition coefficient (Wildman–Crippen LogP) is 3.80. The molecule has 3 rings (SSSR count). The van der Waals surface area contributed by atoms with Crippen molar-refractivity contribution in [1.29, 1.82) is 0 Å². The summed E-state index contributed by atoms with van der Waals surface area (Å²) in [7, 11) is 0. The second-order valence-electron chi connectivity index (χ2n) is 8.57. The summed E-state index contributed by atoms with van der Waals surface area (Å²) in [6.45, 7) is 17.8. The number of likely N-dealkylation sites (tertiary alicyclic amines) is 1. The second-order valence-corrected chi connectivity index (χ2v) is 8.57. The molecular weight excluding hydrogens is 306 g/mol. The molecule has 0 spiro atoms. The fourth-order valence-corrected chi connectivity index (χ4v) is 4.33. The standard InChI is InChI=1S/C22H37N3/c1-18(2)21-7-5-20(6-8-21)17-23-11-9-22(10-12-23)25-15-13-24(14-16-25)19(3)4/h5-8,18-19,22H,9-17H2,1-4H3. The quantitative estimate of drug-likeness (QED) is 0.805. The number of piperazine rings is 1. The zero-order valence-corrected chi connectivity index (χ0v) is 16.7. The van der Waals surface area contributed by atoms with Crippen LogP contribution in [0.5, 0.6) is 0 Å². The molecule has 0 aliphatic carbocycles. The lowest BCUT2D eigenvalue weighted by Gasteiger charge is -2.43. The molecule has 0 unspecified atom stereocenters. The van der Waals surface area contributed by atoms with Gasteiger partial charge in [0, 0.05) is 44.8 Å². The van der Waals surface area contributed by atoms with E-state index >= 15 is 0 Å². The number of piperidine rings is 1. The van der Waals surface area contributed by atoms with Crippen LogP contribution < -0.4 is 0 Å². The number of rotatable bonds is 5. The highest BCUT2D eigenvalue weighted by atomic mass is 15.3. The average Bonchev–Trinajstić information content (AvgIpc) is 2.63. The molecule has 0 atom stereocenters. The van der Waals surface area contributed by atoms with Crippen LogP contribution in [0, 0.1) is 0 Å². The maximum Gasteiger partial charge on any atom is 0.0233 e. The molecule has 0 bridgehead atoms. The van der Waals surface area contributed by atoms with Crippen LogP contribution in [0.2, 0.25) is 0 Å². The third-order valence-corrected chi connectivity index (χ3v) is 6.21. The molecule has 2 heterocycles. The lowest BCUT2D eigenvalue weighted by molar-refractivity contribution is 0.0471. The maximum atomic E-state index is 2.76. The van der Waals surface area contributed by atoms with Crippen molar-refractivity contribution in [2.45, 2.75) is 65.1 Å². The van der Waals surface area contributed by atoms with E-state index in [1.165, 1.54) is 63.2 Å². The summed E-state index contributed by atoms with van der Waals surface area (Å²) in [5.74, 6) is 0.626. The van der Waals surface area contributed by atoms with Gasteiger partial charge in [-0.2, -0.15) is 0 Å². The summed E-state index contributed by atoms with van der Waals surface area (Å²) in [5.41, 5.74) is 2.91. The van der Waals surface area contributed by atoms with Gasteiger partial charge in [-0.25, -0.2) is 0 Å². The Balaban J connectivity index is 1.43. The molecule has 0 saturated carbocycles. The van der Waals surface area contributed by atoms with E-state index in [9.17, 15) is 0 Å². The summed E-state index contributed by atoms with van der Waals surface area (Å²) >= 11 is 0. The van der Waals surface area contributed by atoms with Crippen LogP contribution in [0.15, 0.2) is 24.3 Å². The molecule has 25 heavy (non-hydrogen) atoms. The molecule has 2 aliphatic rings. The van der Waals surface area contributed by atoms with Crippen molar-refractivity contribution in [2.75, 3.05) is 39.3 Å². The van der Waals surface area contributed by atoms with E-state index in [4.69, 9.17) is 0 Å². The van der Waals surface area contributed by atoms with Crippen LogP contribution in [0.25, 0.3) is 0 Å². The summed E-state index contributed by atoms with van der Waals surface area (Å²) in [5, 5.41) is 0. The van der Waals surface area contributed by atoms with Crippen molar-refractivity contribution in [3.63, 3.8) is 0 Å². The zero-order chi connectivity index (χ0) is 17.8. The topological polar surface area (TPSA) is 9.72 Å². The van der Waals surface area contributed by atoms with E-state index in [1.807, 2.05) is 0 Å². The van der Waals surface area contributed by atoms with Crippen molar-refractivity contribution in [1.82, 2.24) is 14.7 Å². The van der Waals surface area contributed by atoms with Crippen LogP contribution in [0.3, 0.4) is 0 Å². The monoisotopic (exact) mass is 343 g/mol. The predicted molar refractivity (Wildman–Crippen MR) is 107 cm³/mol. The minimum absolute atomic E-state index is 0.626.